The summed E-state index contributed by atoms with van der Waals surface area (Å²) < 4.78 is 6.55. The van der Waals surface area contributed by atoms with Crippen LogP contribution in [0.3, 0.4) is 0 Å². The van der Waals surface area contributed by atoms with Gasteiger partial charge in [-0.15, -0.1) is 0 Å². The van der Waals surface area contributed by atoms with Gasteiger partial charge in [0.1, 0.15) is 0 Å². The topological polar surface area (TPSA) is 37.9 Å². The fraction of sp³-hybridized carbons (Fsp3) is 0.312. The summed E-state index contributed by atoms with van der Waals surface area (Å²) in [5.41, 5.74) is 13.7. The Labute approximate surface area is 209 Å². The number of benzene rings is 3. The van der Waals surface area contributed by atoms with E-state index in [1.54, 1.807) is 0 Å². The molecule has 0 unspecified atom stereocenters. The van der Waals surface area contributed by atoms with Crippen molar-refractivity contribution in [1.29, 1.82) is 0 Å². The first-order valence-electron chi connectivity index (χ1n) is 12.3. The van der Waals surface area contributed by atoms with Crippen molar-refractivity contribution in [2.24, 2.45) is 9.98 Å². The van der Waals surface area contributed by atoms with Crippen molar-refractivity contribution < 1.29 is 4.42 Å². The van der Waals surface area contributed by atoms with Crippen molar-refractivity contribution in [3.05, 3.63) is 92.4 Å². The lowest BCUT2D eigenvalue weighted by molar-refractivity contribution is 0.553. The highest BCUT2D eigenvalue weighted by Crippen LogP contribution is 2.34. The van der Waals surface area contributed by atoms with Crippen LogP contribution in [0.5, 0.6) is 0 Å². The molecule has 0 fully saturated rings. The van der Waals surface area contributed by atoms with Gasteiger partial charge in [-0.1, -0.05) is 36.4 Å². The molecular weight excluding hydrogens is 428 g/mol. The summed E-state index contributed by atoms with van der Waals surface area (Å²) in [6, 6.07) is 12.8. The van der Waals surface area contributed by atoms with Crippen LogP contribution in [0.15, 0.2) is 50.8 Å². The summed E-state index contributed by atoms with van der Waals surface area (Å²) in [5, 5.41) is 2.12. The minimum atomic E-state index is 0.803. The van der Waals surface area contributed by atoms with Crippen LogP contribution in [0.25, 0.3) is 10.8 Å². The van der Waals surface area contributed by atoms with Crippen molar-refractivity contribution in [3.63, 3.8) is 0 Å². The quantitative estimate of drug-likeness (QED) is 0.277. The maximum atomic E-state index is 6.55. The third-order valence-electron chi connectivity index (χ3n) is 7.49. The van der Waals surface area contributed by atoms with Gasteiger partial charge < -0.3 is 4.42 Å². The lowest BCUT2D eigenvalue weighted by Crippen LogP contribution is -1.97. The average molecular weight is 465 g/mol. The summed E-state index contributed by atoms with van der Waals surface area (Å²) in [6.45, 7) is 21.2. The molecule has 0 amide bonds. The predicted molar refractivity (Wildman–Crippen MR) is 151 cm³/mol. The SMILES string of the molecule is CC(=Nc1c(C)c(C)cc(C)c1C)c1oc(C(C)=Nc2c(C)c(C)cc(C)c2C)c2ccccc12. The van der Waals surface area contributed by atoms with Crippen LogP contribution in [-0.2, 0) is 0 Å². The van der Waals surface area contributed by atoms with E-state index in [0.29, 0.717) is 0 Å². The first-order chi connectivity index (χ1) is 16.5. The van der Waals surface area contributed by atoms with Crippen LogP contribution in [-0.4, -0.2) is 11.4 Å². The monoisotopic (exact) mass is 464 g/mol. The standard InChI is InChI=1S/C32H36N2O/c1-17-15-18(2)22(6)29(21(17)5)33-25(9)31-27-13-11-12-14-28(27)32(35-31)26(10)34-30-23(7)19(3)16-20(4)24(30)8/h11-16H,1-10H3. The second-order valence-corrected chi connectivity index (χ2v) is 9.92. The van der Waals surface area contributed by atoms with Gasteiger partial charge in [0.2, 0.25) is 0 Å². The summed E-state index contributed by atoms with van der Waals surface area (Å²) in [5.74, 6) is 1.61. The molecule has 0 N–H and O–H groups in total. The second-order valence-electron chi connectivity index (χ2n) is 9.92. The van der Waals surface area contributed by atoms with E-state index in [0.717, 1.165) is 45.1 Å². The van der Waals surface area contributed by atoms with Crippen molar-refractivity contribution >= 4 is 33.6 Å². The molecule has 0 aliphatic heterocycles. The number of hydrogen-bond donors (Lipinski definition) is 0. The van der Waals surface area contributed by atoms with E-state index in [2.05, 4.69) is 91.8 Å². The van der Waals surface area contributed by atoms with E-state index in [9.17, 15) is 0 Å². The minimum Gasteiger partial charge on any atom is -0.452 e. The summed E-state index contributed by atoms with van der Waals surface area (Å²) in [7, 11) is 0. The first-order valence-corrected chi connectivity index (χ1v) is 12.3. The second kappa shape index (κ2) is 9.30. The van der Waals surface area contributed by atoms with Crippen LogP contribution in [0, 0.1) is 55.4 Å². The molecule has 4 rings (SSSR count). The van der Waals surface area contributed by atoms with Crippen LogP contribution in [0.2, 0.25) is 0 Å². The van der Waals surface area contributed by atoms with Crippen molar-refractivity contribution in [2.75, 3.05) is 0 Å². The fourth-order valence-electron chi connectivity index (χ4n) is 4.79. The number of aryl methyl sites for hydroxylation is 4. The van der Waals surface area contributed by atoms with Crippen LogP contribution in [0.4, 0.5) is 11.4 Å². The maximum absolute atomic E-state index is 6.55. The first kappa shape index (κ1) is 24.7. The van der Waals surface area contributed by atoms with E-state index in [4.69, 9.17) is 14.4 Å². The Hall–Kier alpha value is -3.46. The Morgan fingerprint density at radius 2 is 0.857 bits per heavy atom. The largest absolute Gasteiger partial charge is 0.452 e. The molecule has 0 aliphatic rings. The van der Waals surface area contributed by atoms with E-state index >= 15 is 0 Å². The molecular formula is C32H36N2O. The Bertz CT molecular complexity index is 1360. The van der Waals surface area contributed by atoms with Gasteiger partial charge >= 0.3 is 0 Å². The van der Waals surface area contributed by atoms with Crippen molar-refractivity contribution in [2.45, 2.75) is 69.2 Å². The minimum absolute atomic E-state index is 0.803. The van der Waals surface area contributed by atoms with Gasteiger partial charge in [0.25, 0.3) is 0 Å². The zero-order valence-corrected chi connectivity index (χ0v) is 22.8. The van der Waals surface area contributed by atoms with Crippen molar-refractivity contribution in [1.82, 2.24) is 0 Å². The lowest BCUT2D eigenvalue weighted by Gasteiger charge is -2.12. The van der Waals surface area contributed by atoms with Gasteiger partial charge in [-0.25, -0.2) is 9.98 Å². The molecule has 35 heavy (non-hydrogen) atoms. The van der Waals surface area contributed by atoms with E-state index in [-0.39, 0.29) is 0 Å². The van der Waals surface area contributed by atoms with Gasteiger partial charge in [0.05, 0.1) is 22.8 Å². The number of furan rings is 1. The molecule has 0 atom stereocenters. The number of rotatable bonds is 4. The Kier molecular flexibility index (Phi) is 6.55. The summed E-state index contributed by atoms with van der Waals surface area (Å²) in [6.07, 6.45) is 0. The molecule has 3 heteroatoms. The molecule has 0 bridgehead atoms. The average Bonchev–Trinajstić information content (AvgIpc) is 3.22. The molecule has 0 saturated carbocycles. The lowest BCUT2D eigenvalue weighted by atomic mass is 9.98. The summed E-state index contributed by atoms with van der Waals surface area (Å²) in [4.78, 5) is 10.2. The maximum Gasteiger partial charge on any atom is 0.156 e. The van der Waals surface area contributed by atoms with E-state index in [1.807, 2.05) is 13.8 Å². The molecule has 0 saturated heterocycles. The van der Waals surface area contributed by atoms with Gasteiger partial charge in [0, 0.05) is 10.8 Å². The zero-order chi connectivity index (χ0) is 25.6. The zero-order valence-electron chi connectivity index (χ0n) is 22.8. The highest BCUT2D eigenvalue weighted by Gasteiger charge is 2.19. The van der Waals surface area contributed by atoms with E-state index < -0.39 is 0 Å². The Balaban J connectivity index is 1.90. The number of hydrogen-bond acceptors (Lipinski definition) is 3. The number of aliphatic imine (C=N–C) groups is 2. The summed E-state index contributed by atoms with van der Waals surface area (Å²) >= 11 is 0. The number of nitrogens with zero attached hydrogens (tertiary/aromatic N) is 2. The molecule has 4 aromatic rings. The van der Waals surface area contributed by atoms with Crippen molar-refractivity contribution in [3.8, 4) is 0 Å². The van der Waals surface area contributed by atoms with Crippen LogP contribution in [0.1, 0.15) is 69.9 Å². The predicted octanol–water partition coefficient (Wildman–Crippen LogP) is 9.18. The number of fused-ring (bicyclic) bond motifs is 1. The molecule has 180 valence electrons. The smallest absolute Gasteiger partial charge is 0.156 e. The Morgan fingerprint density at radius 1 is 0.543 bits per heavy atom. The van der Waals surface area contributed by atoms with Gasteiger partial charge in [-0.2, -0.15) is 0 Å². The normalized spacial score (nSPS) is 12.6. The highest BCUT2D eigenvalue weighted by molar-refractivity contribution is 6.15. The van der Waals surface area contributed by atoms with Gasteiger partial charge in [-0.05, 0) is 114 Å². The third-order valence-corrected chi connectivity index (χ3v) is 7.49. The Morgan fingerprint density at radius 3 is 1.17 bits per heavy atom. The molecule has 0 aliphatic carbocycles. The van der Waals surface area contributed by atoms with E-state index in [1.165, 1.54) is 44.5 Å². The molecule has 1 aromatic heterocycles. The molecule has 1 heterocycles. The van der Waals surface area contributed by atoms with Gasteiger partial charge in [-0.3, -0.25) is 0 Å². The molecule has 0 spiro atoms. The molecule has 0 radical (unpaired) electrons. The van der Waals surface area contributed by atoms with Crippen LogP contribution >= 0.6 is 0 Å². The third kappa shape index (κ3) is 4.36. The fourth-order valence-corrected chi connectivity index (χ4v) is 4.79. The highest BCUT2D eigenvalue weighted by atomic mass is 16.3. The van der Waals surface area contributed by atoms with Gasteiger partial charge in [0.15, 0.2) is 11.5 Å². The molecule has 3 aromatic carbocycles. The molecule has 3 nitrogen and oxygen atoms in total. The van der Waals surface area contributed by atoms with Crippen LogP contribution < -0.4 is 0 Å².